The van der Waals surface area contributed by atoms with Gasteiger partial charge in [0, 0.05) is 25.1 Å². The Bertz CT molecular complexity index is 678. The summed E-state index contributed by atoms with van der Waals surface area (Å²) in [6.45, 7) is 1.49. The molecule has 0 aliphatic carbocycles. The third-order valence-electron chi connectivity index (χ3n) is 3.36. The SMILES string of the molecule is Nc1nc(Cl)cc(N2CCC(Oc3ccc(Cl)c(Cl)c3)C2)n1. The Labute approximate surface area is 143 Å². The number of benzene rings is 1. The molecule has 0 bridgehead atoms. The molecular weight excluding hydrogens is 347 g/mol. The van der Waals surface area contributed by atoms with Crippen molar-refractivity contribution >= 4 is 46.6 Å². The number of aromatic nitrogens is 2. The Kier molecular flexibility index (Phi) is 4.47. The Balaban J connectivity index is 1.68. The van der Waals surface area contributed by atoms with Crippen molar-refractivity contribution < 1.29 is 4.74 Å². The fourth-order valence-corrected chi connectivity index (χ4v) is 2.83. The van der Waals surface area contributed by atoms with E-state index >= 15 is 0 Å². The topological polar surface area (TPSA) is 64.3 Å². The van der Waals surface area contributed by atoms with Gasteiger partial charge in [-0.25, -0.2) is 4.98 Å². The number of hydrogen-bond acceptors (Lipinski definition) is 5. The van der Waals surface area contributed by atoms with Gasteiger partial charge in [-0.3, -0.25) is 0 Å². The fraction of sp³-hybridized carbons (Fsp3) is 0.286. The molecule has 8 heteroatoms. The first-order chi connectivity index (χ1) is 10.5. The van der Waals surface area contributed by atoms with E-state index < -0.39 is 0 Å². The lowest BCUT2D eigenvalue weighted by Crippen LogP contribution is -2.25. The first-order valence-corrected chi connectivity index (χ1v) is 7.81. The highest BCUT2D eigenvalue weighted by atomic mass is 35.5. The van der Waals surface area contributed by atoms with Crippen molar-refractivity contribution in [2.24, 2.45) is 0 Å². The molecule has 1 aliphatic heterocycles. The second kappa shape index (κ2) is 6.36. The molecule has 0 radical (unpaired) electrons. The number of halogens is 3. The smallest absolute Gasteiger partial charge is 0.223 e. The van der Waals surface area contributed by atoms with Crippen LogP contribution in [-0.2, 0) is 0 Å². The zero-order valence-electron chi connectivity index (χ0n) is 11.5. The largest absolute Gasteiger partial charge is 0.488 e. The van der Waals surface area contributed by atoms with Crippen LogP contribution in [-0.4, -0.2) is 29.2 Å². The normalized spacial score (nSPS) is 17.8. The summed E-state index contributed by atoms with van der Waals surface area (Å²) in [6.07, 6.45) is 0.897. The Morgan fingerprint density at radius 1 is 1.14 bits per heavy atom. The lowest BCUT2D eigenvalue weighted by atomic mass is 10.3. The predicted octanol–water partition coefficient (Wildman–Crippen LogP) is 3.68. The molecule has 116 valence electrons. The molecule has 0 spiro atoms. The maximum atomic E-state index is 5.99. The third-order valence-corrected chi connectivity index (χ3v) is 4.29. The quantitative estimate of drug-likeness (QED) is 0.847. The third kappa shape index (κ3) is 3.48. The van der Waals surface area contributed by atoms with Crippen LogP contribution >= 0.6 is 34.8 Å². The van der Waals surface area contributed by atoms with Gasteiger partial charge in [0.05, 0.1) is 16.6 Å². The van der Waals surface area contributed by atoms with Crippen molar-refractivity contribution in [1.29, 1.82) is 0 Å². The minimum absolute atomic E-state index is 0.0345. The minimum Gasteiger partial charge on any atom is -0.488 e. The molecule has 1 aromatic carbocycles. The summed E-state index contributed by atoms with van der Waals surface area (Å²) < 4.78 is 5.93. The van der Waals surface area contributed by atoms with E-state index in [1.807, 2.05) is 0 Å². The van der Waals surface area contributed by atoms with E-state index in [9.17, 15) is 0 Å². The van der Waals surface area contributed by atoms with E-state index in [1.54, 1.807) is 24.3 Å². The van der Waals surface area contributed by atoms with Gasteiger partial charge in [0.15, 0.2) is 0 Å². The maximum Gasteiger partial charge on any atom is 0.223 e. The molecule has 1 fully saturated rings. The molecule has 0 saturated carbocycles. The van der Waals surface area contributed by atoms with Gasteiger partial charge < -0.3 is 15.4 Å². The van der Waals surface area contributed by atoms with Gasteiger partial charge in [-0.1, -0.05) is 34.8 Å². The molecule has 0 amide bonds. The molecule has 3 rings (SSSR count). The van der Waals surface area contributed by atoms with E-state index in [0.717, 1.165) is 13.0 Å². The van der Waals surface area contributed by atoms with Crippen LogP contribution in [0, 0.1) is 0 Å². The van der Waals surface area contributed by atoms with Crippen molar-refractivity contribution in [3.63, 3.8) is 0 Å². The fourth-order valence-electron chi connectivity index (χ4n) is 2.36. The summed E-state index contributed by atoms with van der Waals surface area (Å²) >= 11 is 17.8. The van der Waals surface area contributed by atoms with E-state index in [4.69, 9.17) is 45.3 Å². The van der Waals surface area contributed by atoms with E-state index in [-0.39, 0.29) is 12.1 Å². The lowest BCUT2D eigenvalue weighted by molar-refractivity contribution is 0.225. The zero-order chi connectivity index (χ0) is 15.7. The monoisotopic (exact) mass is 358 g/mol. The van der Waals surface area contributed by atoms with E-state index in [1.165, 1.54) is 0 Å². The number of rotatable bonds is 3. The van der Waals surface area contributed by atoms with Crippen LogP contribution in [0.15, 0.2) is 24.3 Å². The molecule has 1 unspecified atom stereocenters. The first kappa shape index (κ1) is 15.5. The van der Waals surface area contributed by atoms with Gasteiger partial charge in [-0.05, 0) is 12.1 Å². The minimum atomic E-state index is 0.0345. The maximum absolute atomic E-state index is 5.99. The van der Waals surface area contributed by atoms with Gasteiger partial charge >= 0.3 is 0 Å². The van der Waals surface area contributed by atoms with Crippen LogP contribution in [0.25, 0.3) is 0 Å². The number of nitrogens with zero attached hydrogens (tertiary/aromatic N) is 3. The number of nitrogen functional groups attached to an aromatic ring is 1. The number of ether oxygens (including phenoxy) is 1. The molecule has 5 nitrogen and oxygen atoms in total. The van der Waals surface area contributed by atoms with Gasteiger partial charge in [0.25, 0.3) is 0 Å². The molecule has 2 aromatic rings. The summed E-state index contributed by atoms with van der Waals surface area (Å²) in [6, 6.07) is 6.93. The average Bonchev–Trinajstić information content (AvgIpc) is 2.90. The number of nitrogens with two attached hydrogens (primary N) is 1. The van der Waals surface area contributed by atoms with Gasteiger partial charge in [-0.15, -0.1) is 0 Å². The standard InChI is InChI=1S/C14H13Cl3N4O/c15-10-2-1-8(5-11(10)16)22-9-3-4-21(7-9)13-6-12(17)19-14(18)20-13/h1-2,5-6,9H,3-4,7H2,(H2,18,19,20). The van der Waals surface area contributed by atoms with Crippen LogP contribution in [0.3, 0.4) is 0 Å². The highest BCUT2D eigenvalue weighted by Gasteiger charge is 2.25. The average molecular weight is 360 g/mol. The molecular formula is C14H13Cl3N4O. The Morgan fingerprint density at radius 3 is 2.68 bits per heavy atom. The van der Waals surface area contributed by atoms with Gasteiger partial charge in [0.1, 0.15) is 22.8 Å². The van der Waals surface area contributed by atoms with Crippen LogP contribution in [0.4, 0.5) is 11.8 Å². The number of anilines is 2. The van der Waals surface area contributed by atoms with Crippen molar-refractivity contribution in [2.45, 2.75) is 12.5 Å². The molecule has 1 aromatic heterocycles. The molecule has 1 aliphatic rings. The van der Waals surface area contributed by atoms with Crippen LogP contribution in [0.2, 0.25) is 15.2 Å². The lowest BCUT2D eigenvalue weighted by Gasteiger charge is -2.18. The summed E-state index contributed by atoms with van der Waals surface area (Å²) in [4.78, 5) is 10.1. The number of hydrogen-bond donors (Lipinski definition) is 1. The summed E-state index contributed by atoms with van der Waals surface area (Å²) in [7, 11) is 0. The summed E-state index contributed by atoms with van der Waals surface area (Å²) in [5.74, 6) is 1.57. The van der Waals surface area contributed by atoms with Gasteiger partial charge in [0.2, 0.25) is 5.95 Å². The summed E-state index contributed by atoms with van der Waals surface area (Å²) in [5.41, 5.74) is 5.62. The van der Waals surface area contributed by atoms with Crippen LogP contribution < -0.4 is 15.4 Å². The van der Waals surface area contributed by atoms with Crippen molar-refractivity contribution in [1.82, 2.24) is 9.97 Å². The van der Waals surface area contributed by atoms with Crippen LogP contribution in [0.1, 0.15) is 6.42 Å². The second-order valence-corrected chi connectivity index (χ2v) is 6.16. The molecule has 2 heterocycles. The van der Waals surface area contributed by atoms with Crippen molar-refractivity contribution in [2.75, 3.05) is 23.7 Å². The second-order valence-electron chi connectivity index (χ2n) is 4.96. The zero-order valence-corrected chi connectivity index (χ0v) is 13.7. The van der Waals surface area contributed by atoms with Gasteiger partial charge in [-0.2, -0.15) is 4.98 Å². The molecule has 1 saturated heterocycles. The van der Waals surface area contributed by atoms with Crippen LogP contribution in [0.5, 0.6) is 5.75 Å². The highest BCUT2D eigenvalue weighted by molar-refractivity contribution is 6.42. The molecule has 2 N–H and O–H groups in total. The predicted molar refractivity (Wildman–Crippen MR) is 89.2 cm³/mol. The van der Waals surface area contributed by atoms with E-state index in [0.29, 0.717) is 33.3 Å². The summed E-state index contributed by atoms with van der Waals surface area (Å²) in [5, 5.41) is 1.31. The molecule has 1 atom stereocenters. The molecule has 22 heavy (non-hydrogen) atoms. The first-order valence-electron chi connectivity index (χ1n) is 6.68. The van der Waals surface area contributed by atoms with Crippen molar-refractivity contribution in [3.05, 3.63) is 39.5 Å². The van der Waals surface area contributed by atoms with E-state index in [2.05, 4.69) is 14.9 Å². The van der Waals surface area contributed by atoms with Crippen molar-refractivity contribution in [3.8, 4) is 5.75 Å². The Hall–Kier alpha value is -1.43. The Morgan fingerprint density at radius 2 is 1.95 bits per heavy atom. The highest BCUT2D eigenvalue weighted by Crippen LogP contribution is 2.29.